The molecule has 1 atom stereocenters. The highest BCUT2D eigenvalue weighted by molar-refractivity contribution is 7.89. The Balaban J connectivity index is 1.64. The number of benzene rings is 1. The zero-order chi connectivity index (χ0) is 22.4. The lowest BCUT2D eigenvalue weighted by atomic mass is 9.96. The van der Waals surface area contributed by atoms with Crippen LogP contribution in [-0.4, -0.2) is 37.6 Å². The Morgan fingerprint density at radius 1 is 1.13 bits per heavy atom. The molecule has 0 radical (unpaired) electrons. The highest BCUT2D eigenvalue weighted by Crippen LogP contribution is 2.27. The van der Waals surface area contributed by atoms with Gasteiger partial charge in [0.15, 0.2) is 0 Å². The maximum atomic E-state index is 12.9. The number of carbonyl (C=O) groups is 2. The molecule has 1 aromatic heterocycles. The van der Waals surface area contributed by atoms with Crippen molar-refractivity contribution in [2.75, 3.05) is 12.4 Å². The molecular weight excluding hydrogens is 434 g/mol. The third-order valence-electron chi connectivity index (χ3n) is 5.56. The summed E-state index contributed by atoms with van der Waals surface area (Å²) in [6.07, 6.45) is 5.15. The normalized spacial score (nSPS) is 16.1. The number of sulfonamides is 1. The van der Waals surface area contributed by atoms with E-state index in [1.807, 2.05) is 17.5 Å². The smallest absolute Gasteiger partial charge is 0.243 e. The Hall–Kier alpha value is -2.23. The Morgan fingerprint density at radius 3 is 2.39 bits per heavy atom. The van der Waals surface area contributed by atoms with Crippen LogP contribution in [0, 0.1) is 0 Å². The van der Waals surface area contributed by atoms with E-state index in [1.165, 1.54) is 34.7 Å². The van der Waals surface area contributed by atoms with E-state index in [-0.39, 0.29) is 29.2 Å². The van der Waals surface area contributed by atoms with E-state index in [0.29, 0.717) is 5.69 Å². The van der Waals surface area contributed by atoms with E-state index in [1.54, 1.807) is 19.2 Å². The molecule has 1 fully saturated rings. The molecule has 2 amide bonds. The Bertz CT molecular complexity index is 982. The van der Waals surface area contributed by atoms with Crippen molar-refractivity contribution < 1.29 is 18.0 Å². The van der Waals surface area contributed by atoms with Crippen LogP contribution >= 0.6 is 11.3 Å². The molecule has 2 aromatic rings. The van der Waals surface area contributed by atoms with Gasteiger partial charge in [-0.3, -0.25) is 9.59 Å². The molecule has 31 heavy (non-hydrogen) atoms. The molecule has 7 nitrogen and oxygen atoms in total. The minimum atomic E-state index is -3.57. The molecular formula is C22H29N3O4S2. The largest absolute Gasteiger partial charge is 0.348 e. The summed E-state index contributed by atoms with van der Waals surface area (Å²) >= 11 is 1.47. The highest BCUT2D eigenvalue weighted by Gasteiger charge is 2.29. The van der Waals surface area contributed by atoms with E-state index >= 15 is 0 Å². The van der Waals surface area contributed by atoms with Crippen LogP contribution in [0.4, 0.5) is 5.69 Å². The number of nitrogens with one attached hydrogen (secondary N) is 2. The number of amides is 2. The fourth-order valence-electron chi connectivity index (χ4n) is 3.87. The van der Waals surface area contributed by atoms with Crippen LogP contribution < -0.4 is 10.6 Å². The predicted octanol–water partition coefficient (Wildman–Crippen LogP) is 3.91. The second-order valence-electron chi connectivity index (χ2n) is 7.86. The molecule has 0 aliphatic heterocycles. The number of hydrogen-bond donors (Lipinski definition) is 2. The van der Waals surface area contributed by atoms with Crippen LogP contribution in [0.1, 0.15) is 56.4 Å². The zero-order valence-corrected chi connectivity index (χ0v) is 19.5. The van der Waals surface area contributed by atoms with Gasteiger partial charge in [0.25, 0.3) is 0 Å². The third kappa shape index (κ3) is 6.15. The fourth-order valence-corrected chi connectivity index (χ4v) is 6.07. The van der Waals surface area contributed by atoms with Gasteiger partial charge in [-0.1, -0.05) is 25.3 Å². The molecule has 2 N–H and O–H groups in total. The summed E-state index contributed by atoms with van der Waals surface area (Å²) < 4.78 is 27.4. The lowest BCUT2D eigenvalue weighted by Crippen LogP contribution is -2.38. The van der Waals surface area contributed by atoms with Gasteiger partial charge in [-0.25, -0.2) is 8.42 Å². The maximum absolute atomic E-state index is 12.9. The van der Waals surface area contributed by atoms with E-state index in [4.69, 9.17) is 0 Å². The summed E-state index contributed by atoms with van der Waals surface area (Å²) in [5.74, 6) is -0.468. The van der Waals surface area contributed by atoms with Gasteiger partial charge in [0, 0.05) is 30.6 Å². The minimum Gasteiger partial charge on any atom is -0.348 e. The minimum absolute atomic E-state index is 0.0427. The van der Waals surface area contributed by atoms with Gasteiger partial charge in [0.05, 0.1) is 17.4 Å². The van der Waals surface area contributed by atoms with Crippen LogP contribution in [0.15, 0.2) is 46.7 Å². The molecule has 1 aliphatic carbocycles. The quantitative estimate of drug-likeness (QED) is 0.620. The summed E-state index contributed by atoms with van der Waals surface area (Å²) in [6.45, 7) is 1.42. The monoisotopic (exact) mass is 463 g/mol. The van der Waals surface area contributed by atoms with Crippen LogP contribution in [-0.2, 0) is 19.6 Å². The molecule has 1 aliphatic rings. The Labute approximate surface area is 187 Å². The van der Waals surface area contributed by atoms with E-state index in [0.717, 1.165) is 37.0 Å². The van der Waals surface area contributed by atoms with E-state index < -0.39 is 16.1 Å². The van der Waals surface area contributed by atoms with Gasteiger partial charge in [0.1, 0.15) is 0 Å². The van der Waals surface area contributed by atoms with Crippen LogP contribution in [0.25, 0.3) is 0 Å². The number of rotatable bonds is 8. The topological polar surface area (TPSA) is 95.6 Å². The average molecular weight is 464 g/mol. The summed E-state index contributed by atoms with van der Waals surface area (Å²) in [7, 11) is -1.92. The molecule has 1 saturated carbocycles. The van der Waals surface area contributed by atoms with E-state index in [2.05, 4.69) is 10.6 Å². The maximum Gasteiger partial charge on any atom is 0.243 e. The summed E-state index contributed by atoms with van der Waals surface area (Å²) in [4.78, 5) is 25.1. The lowest BCUT2D eigenvalue weighted by molar-refractivity contribution is -0.120. The van der Waals surface area contributed by atoms with E-state index in [9.17, 15) is 18.0 Å². The average Bonchev–Trinajstić information content (AvgIpc) is 3.28. The molecule has 3 rings (SSSR count). The Kier molecular flexibility index (Phi) is 7.85. The molecule has 1 unspecified atom stereocenters. The molecule has 0 bridgehead atoms. The van der Waals surface area contributed by atoms with Crippen molar-refractivity contribution in [3.05, 3.63) is 46.7 Å². The van der Waals surface area contributed by atoms with Gasteiger partial charge in [-0.05, 0) is 48.6 Å². The number of hydrogen-bond acceptors (Lipinski definition) is 5. The summed E-state index contributed by atoms with van der Waals surface area (Å²) in [6, 6.07) is 9.62. The van der Waals surface area contributed by atoms with Gasteiger partial charge >= 0.3 is 0 Å². The lowest BCUT2D eigenvalue weighted by Gasteiger charge is -2.30. The first kappa shape index (κ1) is 23.4. The number of thiophene rings is 1. The van der Waals surface area contributed by atoms with Crippen LogP contribution in [0.2, 0.25) is 0 Å². The number of nitrogens with zero attached hydrogens (tertiary/aromatic N) is 1. The van der Waals surface area contributed by atoms with Crippen LogP contribution in [0.3, 0.4) is 0 Å². The third-order valence-corrected chi connectivity index (χ3v) is 8.47. The molecule has 1 heterocycles. The fraction of sp³-hybridized carbons (Fsp3) is 0.455. The van der Waals surface area contributed by atoms with Crippen molar-refractivity contribution >= 4 is 38.9 Å². The van der Waals surface area contributed by atoms with Crippen molar-refractivity contribution in [3.63, 3.8) is 0 Å². The van der Waals surface area contributed by atoms with Crippen molar-refractivity contribution in [2.45, 2.75) is 62.4 Å². The van der Waals surface area contributed by atoms with Gasteiger partial charge < -0.3 is 10.6 Å². The van der Waals surface area contributed by atoms with Crippen molar-refractivity contribution in [1.82, 2.24) is 9.62 Å². The highest BCUT2D eigenvalue weighted by atomic mass is 32.2. The van der Waals surface area contributed by atoms with Gasteiger partial charge in [-0.15, -0.1) is 11.3 Å². The first-order valence-electron chi connectivity index (χ1n) is 10.5. The molecule has 0 saturated heterocycles. The van der Waals surface area contributed by atoms with Crippen molar-refractivity contribution in [1.29, 1.82) is 0 Å². The summed E-state index contributed by atoms with van der Waals surface area (Å²) in [5.41, 5.74) is 0.511. The van der Waals surface area contributed by atoms with Crippen molar-refractivity contribution in [2.24, 2.45) is 0 Å². The Morgan fingerprint density at radius 2 is 1.81 bits per heavy atom. The van der Waals surface area contributed by atoms with Gasteiger partial charge in [0.2, 0.25) is 21.8 Å². The first-order valence-corrected chi connectivity index (χ1v) is 12.8. The second kappa shape index (κ2) is 10.4. The molecule has 9 heteroatoms. The predicted molar refractivity (Wildman–Crippen MR) is 122 cm³/mol. The van der Waals surface area contributed by atoms with Gasteiger partial charge in [-0.2, -0.15) is 4.31 Å². The van der Waals surface area contributed by atoms with Crippen LogP contribution in [0.5, 0.6) is 0 Å². The molecule has 0 spiro atoms. The second-order valence-corrected chi connectivity index (χ2v) is 10.8. The summed E-state index contributed by atoms with van der Waals surface area (Å²) in [5, 5.41) is 7.48. The first-order chi connectivity index (χ1) is 14.8. The SMILES string of the molecule is CC(=O)NC(CC(=O)Nc1ccc(S(=O)(=O)N(C)C2CCCCC2)cc1)c1cccs1. The zero-order valence-electron chi connectivity index (χ0n) is 17.8. The van der Waals surface area contributed by atoms with Crippen molar-refractivity contribution in [3.8, 4) is 0 Å². The standard InChI is InChI=1S/C22H29N3O4S2/c1-16(26)23-20(21-9-6-14-30-21)15-22(27)24-17-10-12-19(13-11-17)31(28,29)25(2)18-7-4-3-5-8-18/h6,9-14,18,20H,3-5,7-8,15H2,1-2H3,(H,23,26)(H,24,27). The number of anilines is 1. The molecule has 1 aromatic carbocycles. The number of carbonyl (C=O) groups excluding carboxylic acids is 2. The molecule has 168 valence electrons.